The Morgan fingerprint density at radius 2 is 1.40 bits per heavy atom. The van der Waals surface area contributed by atoms with E-state index in [0.29, 0.717) is 15.5 Å². The van der Waals surface area contributed by atoms with Gasteiger partial charge in [-0.3, -0.25) is 0 Å². The van der Waals surface area contributed by atoms with Crippen LogP contribution in [0.2, 0.25) is 6.55 Å². The van der Waals surface area contributed by atoms with Crippen LogP contribution < -0.4 is 30.0 Å². The van der Waals surface area contributed by atoms with E-state index in [0.717, 1.165) is 0 Å². The van der Waals surface area contributed by atoms with E-state index in [9.17, 15) is 0 Å². The number of fused-ring (bicyclic) bond motifs is 3. The first-order valence-corrected chi connectivity index (χ1v) is 20.4. The minimum atomic E-state index is -1.40. The fraction of sp³-hybridized carbons (Fsp3) is 0.256. The van der Waals surface area contributed by atoms with Crippen LogP contribution in [0.5, 0.6) is 0 Å². The standard InChI is InChI=1S/C43H41Si.2ClH.Zr/c1-25(2)35-24-36-32(28-18-20-30(21-19-28)43(4,5)6)15-11-17-34(36)39(35)37-23-29-22-26(3)41-38(29)40(42(37)44(41)7)33-16-10-13-27-12-8-9-14-31(27)33;;;/h8-25,39,44H,1-7H3;2*1H;/q;;;+2/p-2. The molecule has 1 aliphatic heterocycles. The smallest absolute Gasteiger partial charge is 1.00 e. The number of hydrogen-bond acceptors (Lipinski definition) is 0. The molecule has 8 rings (SSSR count). The third-order valence-corrected chi connectivity index (χ3v) is 15.9. The van der Waals surface area contributed by atoms with Crippen LogP contribution in [-0.2, 0) is 30.1 Å². The zero-order chi connectivity index (χ0) is 31.4. The zero-order valence-electron chi connectivity index (χ0n) is 28.3. The molecule has 0 saturated carbocycles. The molecule has 5 aromatic carbocycles. The molecule has 0 amide bonds. The Labute approximate surface area is 310 Å². The first kappa shape index (κ1) is 34.4. The quantitative estimate of drug-likeness (QED) is 0.235. The summed E-state index contributed by atoms with van der Waals surface area (Å²) in [5.74, 6) is 0.775. The van der Waals surface area contributed by atoms with Gasteiger partial charge in [-0.1, -0.05) is 20.8 Å². The van der Waals surface area contributed by atoms with E-state index in [-0.39, 0.29) is 30.2 Å². The average molecular weight is 748 g/mol. The minimum absolute atomic E-state index is 0. The number of hydrogen-bond donors (Lipinski definition) is 0. The molecule has 235 valence electrons. The van der Waals surface area contributed by atoms with Crippen molar-refractivity contribution in [2.45, 2.75) is 63.0 Å². The van der Waals surface area contributed by atoms with Crippen LogP contribution >= 0.6 is 0 Å². The van der Waals surface area contributed by atoms with Crippen molar-refractivity contribution >= 4 is 36.0 Å². The first-order chi connectivity index (χ1) is 21.6. The fourth-order valence-corrected chi connectivity index (χ4v) is 13.4. The van der Waals surface area contributed by atoms with E-state index in [1.165, 1.54) is 44.2 Å². The molecule has 0 aromatic heterocycles. The summed E-state index contributed by atoms with van der Waals surface area (Å²) in [4.78, 5) is 0. The summed E-state index contributed by atoms with van der Waals surface area (Å²) in [6.07, 6.45) is 2.57. The maximum Gasteiger partial charge on any atom is -1.00 e. The Bertz CT molecular complexity index is 2110. The van der Waals surface area contributed by atoms with Gasteiger partial charge in [0, 0.05) is 0 Å². The van der Waals surface area contributed by atoms with Gasteiger partial charge in [0.2, 0.25) is 0 Å². The van der Waals surface area contributed by atoms with Crippen LogP contribution in [0.3, 0.4) is 0 Å². The molecule has 3 unspecified atom stereocenters. The Balaban J connectivity index is 0.00000193. The Kier molecular flexibility index (Phi) is 9.10. The topological polar surface area (TPSA) is 0 Å². The maximum absolute atomic E-state index is 2.69. The summed E-state index contributed by atoms with van der Waals surface area (Å²) in [5, 5.41) is 6.18. The fourth-order valence-electron chi connectivity index (χ4n) is 8.65. The van der Waals surface area contributed by atoms with E-state index in [4.69, 9.17) is 0 Å². The van der Waals surface area contributed by atoms with Gasteiger partial charge >= 0.3 is 261 Å². The van der Waals surface area contributed by atoms with Gasteiger partial charge in [-0.05, 0) is 5.41 Å². The molecule has 0 N–H and O–H groups in total. The second-order valence-corrected chi connectivity index (χ2v) is 18.9. The molecule has 3 aliphatic rings. The van der Waals surface area contributed by atoms with Gasteiger partial charge in [0.25, 0.3) is 0 Å². The van der Waals surface area contributed by atoms with Crippen LogP contribution in [0.15, 0.2) is 102 Å². The van der Waals surface area contributed by atoms with E-state index >= 15 is 0 Å². The largest absolute Gasteiger partial charge is 1.00 e. The van der Waals surface area contributed by atoms with Crippen molar-refractivity contribution in [3.05, 3.63) is 136 Å². The molecule has 47 heavy (non-hydrogen) atoms. The molecule has 1 heterocycles. The normalized spacial score (nSPS) is 19.2. The second-order valence-electron chi connectivity index (χ2n) is 14.9. The molecular weight excluding hydrogens is 707 g/mol. The molecule has 0 nitrogen and oxygen atoms in total. The van der Waals surface area contributed by atoms with E-state index in [1.54, 1.807) is 68.5 Å². The van der Waals surface area contributed by atoms with Crippen LogP contribution in [0.1, 0.15) is 84.5 Å². The van der Waals surface area contributed by atoms with Crippen LogP contribution in [0.4, 0.5) is 0 Å². The average Bonchev–Trinajstić information content (AvgIpc) is 3.62. The molecule has 2 bridgehead atoms. The van der Waals surface area contributed by atoms with E-state index in [1.807, 2.05) is 0 Å². The third kappa shape index (κ3) is 5.17. The molecule has 0 fully saturated rings. The van der Waals surface area contributed by atoms with Gasteiger partial charge in [0.15, 0.2) is 0 Å². The Morgan fingerprint density at radius 1 is 0.745 bits per heavy atom. The summed E-state index contributed by atoms with van der Waals surface area (Å²) in [5.41, 5.74) is 18.2. The molecular formula is C43H41Cl2SiZr. The van der Waals surface area contributed by atoms with Crippen molar-refractivity contribution in [2.24, 2.45) is 5.92 Å². The molecule has 2 aliphatic carbocycles. The molecule has 5 aromatic rings. The molecule has 4 heteroatoms. The van der Waals surface area contributed by atoms with Crippen LogP contribution in [0.25, 0.3) is 44.3 Å². The molecule has 0 saturated heterocycles. The molecule has 0 spiro atoms. The van der Waals surface area contributed by atoms with Gasteiger partial charge < -0.3 is 24.8 Å². The Morgan fingerprint density at radius 3 is 2.11 bits per heavy atom. The Hall–Kier alpha value is -2.48. The number of allylic oxidation sites excluding steroid dienone is 2. The summed E-state index contributed by atoms with van der Waals surface area (Å²) in [6.45, 7) is 16.8. The van der Waals surface area contributed by atoms with Crippen molar-refractivity contribution in [3.63, 3.8) is 0 Å². The SMILES string of the molecule is CC1=C2c3c(cc(C4C(C(C)C)=Cc5c(-c6ccc(C(C)(C)C)cc6)cccc54)c(c3-c3cccc4ccccc34)[SiH]2C)[CH]1[Zr+2].[Cl-].[Cl-]. The maximum atomic E-state index is 2.69. The van der Waals surface area contributed by atoms with Crippen molar-refractivity contribution in [2.75, 3.05) is 0 Å². The monoisotopic (exact) mass is 745 g/mol. The van der Waals surface area contributed by atoms with Gasteiger partial charge in [0.05, 0.1) is 0 Å². The zero-order valence-corrected chi connectivity index (χ0v) is 33.4. The van der Waals surface area contributed by atoms with E-state index < -0.39 is 8.80 Å². The number of halogens is 2. The molecule has 0 radical (unpaired) electrons. The first-order valence-electron chi connectivity index (χ1n) is 16.6. The van der Waals surface area contributed by atoms with Crippen LogP contribution in [0, 0.1) is 5.92 Å². The van der Waals surface area contributed by atoms with Crippen molar-refractivity contribution < 1.29 is 49.5 Å². The van der Waals surface area contributed by atoms with Gasteiger partial charge in [-0.2, -0.15) is 0 Å². The summed E-state index contributed by atoms with van der Waals surface area (Å²) in [6, 6.07) is 35.1. The summed E-state index contributed by atoms with van der Waals surface area (Å²) in [7, 11) is -1.40. The molecule has 3 atom stereocenters. The second kappa shape index (κ2) is 12.4. The minimum Gasteiger partial charge on any atom is -1.00 e. The predicted molar refractivity (Wildman–Crippen MR) is 193 cm³/mol. The third-order valence-electron chi connectivity index (χ3n) is 10.9. The summed E-state index contributed by atoms with van der Waals surface area (Å²) >= 11 is 1.62. The van der Waals surface area contributed by atoms with Gasteiger partial charge in [-0.15, -0.1) is 0 Å². The van der Waals surface area contributed by atoms with Gasteiger partial charge in [0.1, 0.15) is 0 Å². The summed E-state index contributed by atoms with van der Waals surface area (Å²) < 4.78 is 0.569. The van der Waals surface area contributed by atoms with E-state index in [2.05, 4.69) is 145 Å². The predicted octanol–water partition coefficient (Wildman–Crippen LogP) is 4.66. The van der Waals surface area contributed by atoms with Crippen LogP contribution in [-0.4, -0.2) is 8.80 Å². The number of benzene rings is 5. The van der Waals surface area contributed by atoms with Crippen molar-refractivity contribution in [1.29, 1.82) is 0 Å². The van der Waals surface area contributed by atoms with Gasteiger partial charge in [-0.25, -0.2) is 0 Å². The van der Waals surface area contributed by atoms with Crippen molar-refractivity contribution in [1.82, 2.24) is 0 Å². The van der Waals surface area contributed by atoms with Crippen molar-refractivity contribution in [3.8, 4) is 22.3 Å². The number of rotatable bonds is 4.